The van der Waals surface area contributed by atoms with Crippen LogP contribution in [0.25, 0.3) is 0 Å². The van der Waals surface area contributed by atoms with E-state index in [0.717, 1.165) is 16.0 Å². The van der Waals surface area contributed by atoms with Crippen LogP contribution in [-0.2, 0) is 32.8 Å². The molecule has 1 spiro atoms. The Kier molecular flexibility index (Phi) is 4.00. The number of alkyl halides is 3. The number of hydrogen-bond acceptors (Lipinski definition) is 5. The van der Waals surface area contributed by atoms with Crippen LogP contribution < -0.4 is 0 Å². The summed E-state index contributed by atoms with van der Waals surface area (Å²) in [5, 5.41) is 2.74. The lowest BCUT2D eigenvalue weighted by Gasteiger charge is -2.37. The van der Waals surface area contributed by atoms with Crippen LogP contribution in [0.2, 0.25) is 0 Å². The Hall–Kier alpha value is -1.46. The highest BCUT2D eigenvalue weighted by Gasteiger charge is 2.45. The van der Waals surface area contributed by atoms with Gasteiger partial charge in [-0.1, -0.05) is 0 Å². The van der Waals surface area contributed by atoms with Crippen LogP contribution >= 0.6 is 0 Å². The summed E-state index contributed by atoms with van der Waals surface area (Å²) in [4.78, 5) is 11.4. The number of carbonyl (C=O) groups is 1. The molecule has 0 amide bonds. The van der Waals surface area contributed by atoms with Crippen LogP contribution in [0.5, 0.6) is 0 Å². The summed E-state index contributed by atoms with van der Waals surface area (Å²) in [6.07, 6.45) is -3.79. The van der Waals surface area contributed by atoms with Gasteiger partial charge in [0.1, 0.15) is 6.61 Å². The Bertz CT molecular complexity index is 764. The van der Waals surface area contributed by atoms with Gasteiger partial charge in [-0.3, -0.25) is 9.48 Å². The van der Waals surface area contributed by atoms with Crippen molar-refractivity contribution in [1.82, 2.24) is 14.1 Å². The number of sulfonamides is 1. The van der Waals surface area contributed by atoms with Crippen LogP contribution in [0.3, 0.4) is 0 Å². The number of ketones is 1. The van der Waals surface area contributed by atoms with Crippen LogP contribution in [-0.4, -0.2) is 53.6 Å². The molecular weight excluding hydrogens is 351 g/mol. The molecule has 3 heterocycles. The molecule has 3 rings (SSSR count). The van der Waals surface area contributed by atoms with Crippen molar-refractivity contribution in [2.24, 2.45) is 7.05 Å². The maximum Gasteiger partial charge on any atom is 0.435 e. The van der Waals surface area contributed by atoms with Crippen molar-refractivity contribution in [3.8, 4) is 0 Å². The minimum absolute atomic E-state index is 0.0206. The predicted molar refractivity (Wildman–Crippen MR) is 74.5 cm³/mol. The van der Waals surface area contributed by atoms with E-state index in [1.165, 1.54) is 0 Å². The van der Waals surface area contributed by atoms with Gasteiger partial charge in [-0.25, -0.2) is 8.42 Å². The fourth-order valence-corrected chi connectivity index (χ4v) is 4.68. The largest absolute Gasteiger partial charge is 0.435 e. The highest BCUT2D eigenvalue weighted by atomic mass is 32.2. The van der Waals surface area contributed by atoms with Gasteiger partial charge in [0.05, 0.1) is 5.60 Å². The van der Waals surface area contributed by atoms with Gasteiger partial charge in [0.15, 0.2) is 16.5 Å². The highest BCUT2D eigenvalue weighted by Crippen LogP contribution is 2.36. The number of piperidine rings is 1. The first-order chi connectivity index (χ1) is 11.0. The maximum absolute atomic E-state index is 12.7. The van der Waals surface area contributed by atoms with E-state index < -0.39 is 32.5 Å². The van der Waals surface area contributed by atoms with Gasteiger partial charge in [0, 0.05) is 32.6 Å². The highest BCUT2D eigenvalue weighted by molar-refractivity contribution is 7.89. The zero-order chi connectivity index (χ0) is 17.8. The van der Waals surface area contributed by atoms with Crippen molar-refractivity contribution in [2.45, 2.75) is 36.1 Å². The van der Waals surface area contributed by atoms with E-state index in [1.807, 2.05) is 0 Å². The molecule has 2 aliphatic rings. The topological polar surface area (TPSA) is 81.5 Å². The van der Waals surface area contributed by atoms with E-state index in [-0.39, 0.29) is 31.9 Å². The van der Waals surface area contributed by atoms with Gasteiger partial charge in [-0.15, -0.1) is 0 Å². The molecule has 2 saturated heterocycles. The molecule has 1 aromatic heterocycles. The average molecular weight is 367 g/mol. The van der Waals surface area contributed by atoms with Crippen molar-refractivity contribution in [1.29, 1.82) is 0 Å². The molecule has 7 nitrogen and oxygen atoms in total. The van der Waals surface area contributed by atoms with E-state index in [9.17, 15) is 26.4 Å². The summed E-state index contributed by atoms with van der Waals surface area (Å²) < 4.78 is 70.7. The number of hydrogen-bond donors (Lipinski definition) is 0. The summed E-state index contributed by atoms with van der Waals surface area (Å²) in [7, 11) is -2.94. The van der Waals surface area contributed by atoms with Crippen LogP contribution in [0.1, 0.15) is 25.0 Å². The summed E-state index contributed by atoms with van der Waals surface area (Å²) in [6, 6.07) is 0.537. The normalized spacial score (nSPS) is 22.4. The number of aryl methyl sites for hydroxylation is 1. The van der Waals surface area contributed by atoms with Gasteiger partial charge in [0.2, 0.25) is 0 Å². The van der Waals surface area contributed by atoms with E-state index in [1.54, 1.807) is 0 Å². The second kappa shape index (κ2) is 5.53. The van der Waals surface area contributed by atoms with Gasteiger partial charge in [0.25, 0.3) is 10.0 Å². The van der Waals surface area contributed by atoms with Gasteiger partial charge in [-0.2, -0.15) is 22.6 Å². The van der Waals surface area contributed by atoms with Gasteiger partial charge in [-0.05, 0) is 12.8 Å². The Morgan fingerprint density at radius 1 is 1.29 bits per heavy atom. The zero-order valence-corrected chi connectivity index (χ0v) is 13.7. The number of Topliss-reactive ketones (excluding diaryl/α,β-unsaturated/α-hetero) is 1. The smallest absolute Gasteiger partial charge is 0.367 e. The van der Waals surface area contributed by atoms with Gasteiger partial charge >= 0.3 is 6.18 Å². The molecule has 11 heteroatoms. The van der Waals surface area contributed by atoms with Crippen molar-refractivity contribution < 1.29 is 31.1 Å². The van der Waals surface area contributed by atoms with Crippen molar-refractivity contribution >= 4 is 15.8 Å². The number of halogens is 3. The van der Waals surface area contributed by atoms with Crippen LogP contribution in [0, 0.1) is 0 Å². The molecule has 0 unspecified atom stereocenters. The third-order valence-corrected chi connectivity index (χ3v) is 6.38. The molecule has 0 N–H and O–H groups in total. The lowest BCUT2D eigenvalue weighted by atomic mass is 9.89. The number of ether oxygens (including phenoxy) is 1. The summed E-state index contributed by atoms with van der Waals surface area (Å²) in [5.74, 6) is -0.0206. The van der Waals surface area contributed by atoms with E-state index >= 15 is 0 Å². The monoisotopic (exact) mass is 367 g/mol. The minimum Gasteiger partial charge on any atom is -0.367 e. The van der Waals surface area contributed by atoms with E-state index in [0.29, 0.717) is 18.9 Å². The molecule has 1 aromatic rings. The predicted octanol–water partition coefficient (Wildman–Crippen LogP) is 0.952. The Labute approximate surface area is 136 Å². The van der Waals surface area contributed by atoms with E-state index in [4.69, 9.17) is 4.74 Å². The molecule has 0 atom stereocenters. The number of aromatic nitrogens is 2. The second-order valence-corrected chi connectivity index (χ2v) is 7.97. The molecule has 2 aliphatic heterocycles. The lowest BCUT2D eigenvalue weighted by molar-refractivity contribution is -0.141. The number of nitrogens with zero attached hydrogens (tertiary/aromatic N) is 3. The van der Waals surface area contributed by atoms with Crippen molar-refractivity contribution in [3.05, 3.63) is 11.8 Å². The SMILES string of the molecule is Cn1nc(C(F)(F)F)cc1S(=O)(=O)N1CCC2(CC1)CC(=O)CO2. The maximum atomic E-state index is 12.7. The Morgan fingerprint density at radius 3 is 2.38 bits per heavy atom. The second-order valence-electron chi connectivity index (χ2n) is 6.08. The first-order valence-corrected chi connectivity index (χ1v) is 8.75. The quantitative estimate of drug-likeness (QED) is 0.778. The first-order valence-electron chi connectivity index (χ1n) is 7.31. The Balaban J connectivity index is 1.80. The first kappa shape index (κ1) is 17.4. The molecule has 0 bridgehead atoms. The van der Waals surface area contributed by atoms with E-state index in [2.05, 4.69) is 5.10 Å². The molecule has 0 aliphatic carbocycles. The number of carbonyl (C=O) groups excluding carboxylic acids is 1. The molecule has 134 valence electrons. The number of rotatable bonds is 2. The molecular formula is C13H16F3N3O4S. The standard InChI is InChI=1S/C13H16F3N3O4S/c1-18-11(6-10(17-18)13(14,15)16)24(21,22)19-4-2-12(3-5-19)7-9(20)8-23-12/h6H,2-5,7-8H2,1H3. The summed E-state index contributed by atoms with van der Waals surface area (Å²) >= 11 is 0. The van der Waals surface area contributed by atoms with Crippen molar-refractivity contribution in [2.75, 3.05) is 19.7 Å². The fraction of sp³-hybridized carbons (Fsp3) is 0.692. The third kappa shape index (κ3) is 2.95. The molecule has 0 aromatic carbocycles. The van der Waals surface area contributed by atoms with Crippen molar-refractivity contribution in [3.63, 3.8) is 0 Å². The lowest BCUT2D eigenvalue weighted by Crippen LogP contribution is -2.46. The molecule has 0 saturated carbocycles. The zero-order valence-electron chi connectivity index (χ0n) is 12.8. The molecule has 2 fully saturated rings. The third-order valence-electron chi connectivity index (χ3n) is 4.42. The summed E-state index contributed by atoms with van der Waals surface area (Å²) in [5.41, 5.74) is -1.88. The summed E-state index contributed by atoms with van der Waals surface area (Å²) in [6.45, 7) is 0.202. The van der Waals surface area contributed by atoms with Crippen LogP contribution in [0.15, 0.2) is 11.1 Å². The molecule has 0 radical (unpaired) electrons. The van der Waals surface area contributed by atoms with Crippen LogP contribution in [0.4, 0.5) is 13.2 Å². The van der Waals surface area contributed by atoms with Gasteiger partial charge < -0.3 is 4.74 Å². The average Bonchev–Trinajstić information content (AvgIpc) is 3.03. The fourth-order valence-electron chi connectivity index (χ4n) is 3.11. The minimum atomic E-state index is -4.71. The Morgan fingerprint density at radius 2 is 1.92 bits per heavy atom. The molecule has 24 heavy (non-hydrogen) atoms.